The number of rotatable bonds is 2. The van der Waals surface area contributed by atoms with Gasteiger partial charge in [0.2, 0.25) is 11.9 Å². The second kappa shape index (κ2) is 3.29. The quantitative estimate of drug-likeness (QED) is 0.648. The minimum absolute atomic E-state index is 0.132. The normalized spacial score (nSPS) is 10.3. The second-order valence-corrected chi connectivity index (χ2v) is 2.70. The van der Waals surface area contributed by atoms with Crippen LogP contribution in [0.1, 0.15) is 5.82 Å². The number of nitrogens with two attached hydrogens (primary N) is 2. The van der Waals surface area contributed by atoms with E-state index in [1.807, 2.05) is 4.57 Å². The Kier molecular flexibility index (Phi) is 1.98. The van der Waals surface area contributed by atoms with Crippen molar-refractivity contribution in [2.75, 3.05) is 11.5 Å². The summed E-state index contributed by atoms with van der Waals surface area (Å²) in [6, 6.07) is 0. The van der Waals surface area contributed by atoms with Gasteiger partial charge < -0.3 is 16.0 Å². The van der Waals surface area contributed by atoms with E-state index in [0.29, 0.717) is 12.4 Å². The zero-order valence-electron chi connectivity index (χ0n) is 7.33. The topological polar surface area (TPSA) is 109 Å². The van der Waals surface area contributed by atoms with Gasteiger partial charge in [0.05, 0.1) is 12.9 Å². The van der Waals surface area contributed by atoms with Crippen LogP contribution in [0.3, 0.4) is 0 Å². The van der Waals surface area contributed by atoms with Gasteiger partial charge in [0.15, 0.2) is 5.82 Å². The molecule has 0 radical (unpaired) electrons. The molecule has 2 heterocycles. The Bertz CT molecular complexity index is 401. The van der Waals surface area contributed by atoms with E-state index in [1.54, 1.807) is 18.7 Å². The van der Waals surface area contributed by atoms with Crippen molar-refractivity contribution < 1.29 is 0 Å². The summed E-state index contributed by atoms with van der Waals surface area (Å²) in [7, 11) is 0. The van der Waals surface area contributed by atoms with Gasteiger partial charge in [0, 0.05) is 12.4 Å². The molecule has 0 bridgehead atoms. The minimum Gasteiger partial charge on any atom is -0.368 e. The molecule has 0 aliphatic rings. The summed E-state index contributed by atoms with van der Waals surface area (Å²) in [5.41, 5.74) is 10.8. The van der Waals surface area contributed by atoms with E-state index in [1.165, 1.54) is 0 Å². The number of anilines is 2. The molecule has 0 aliphatic heterocycles. The van der Waals surface area contributed by atoms with Gasteiger partial charge in [-0.15, -0.1) is 0 Å². The fourth-order valence-corrected chi connectivity index (χ4v) is 1.07. The predicted molar refractivity (Wildman–Crippen MR) is 50.0 cm³/mol. The van der Waals surface area contributed by atoms with Crippen molar-refractivity contribution in [1.82, 2.24) is 24.5 Å². The van der Waals surface area contributed by atoms with Gasteiger partial charge in [-0.05, 0) is 0 Å². The van der Waals surface area contributed by atoms with E-state index in [-0.39, 0.29) is 11.9 Å². The Balaban J connectivity index is 2.25. The number of nitrogen functional groups attached to an aromatic ring is 2. The number of nitrogens with zero attached hydrogens (tertiary/aromatic N) is 5. The molecule has 2 aromatic rings. The molecule has 0 fully saturated rings. The smallest absolute Gasteiger partial charge is 0.225 e. The van der Waals surface area contributed by atoms with E-state index in [9.17, 15) is 0 Å². The molecule has 14 heavy (non-hydrogen) atoms. The highest BCUT2D eigenvalue weighted by atomic mass is 15.2. The molecule has 0 atom stereocenters. The zero-order valence-corrected chi connectivity index (χ0v) is 7.33. The molecule has 0 aliphatic carbocycles. The van der Waals surface area contributed by atoms with Crippen molar-refractivity contribution in [1.29, 1.82) is 0 Å². The third-order valence-corrected chi connectivity index (χ3v) is 1.60. The van der Waals surface area contributed by atoms with Gasteiger partial charge in [-0.2, -0.15) is 15.0 Å². The van der Waals surface area contributed by atoms with Crippen LogP contribution in [-0.4, -0.2) is 24.5 Å². The summed E-state index contributed by atoms with van der Waals surface area (Å²) in [6.07, 6.45) is 5.14. The van der Waals surface area contributed by atoms with Gasteiger partial charge in [0.1, 0.15) is 0 Å². The molecular weight excluding hydrogens is 182 g/mol. The van der Waals surface area contributed by atoms with E-state index in [2.05, 4.69) is 19.9 Å². The van der Waals surface area contributed by atoms with E-state index in [0.717, 1.165) is 0 Å². The van der Waals surface area contributed by atoms with E-state index in [4.69, 9.17) is 11.5 Å². The largest absolute Gasteiger partial charge is 0.368 e. The van der Waals surface area contributed by atoms with Crippen molar-refractivity contribution in [2.24, 2.45) is 0 Å². The molecule has 72 valence electrons. The molecule has 7 heteroatoms. The molecule has 7 nitrogen and oxygen atoms in total. The van der Waals surface area contributed by atoms with Crippen LogP contribution in [0.2, 0.25) is 0 Å². The maximum atomic E-state index is 5.42. The lowest BCUT2D eigenvalue weighted by Gasteiger charge is -2.02. The maximum Gasteiger partial charge on any atom is 0.225 e. The Morgan fingerprint density at radius 1 is 1.14 bits per heavy atom. The first kappa shape index (κ1) is 8.42. The van der Waals surface area contributed by atoms with Crippen LogP contribution in [0, 0.1) is 0 Å². The fraction of sp³-hybridized carbons (Fsp3) is 0.143. The van der Waals surface area contributed by atoms with E-state index < -0.39 is 0 Å². The molecule has 0 saturated carbocycles. The lowest BCUT2D eigenvalue weighted by Crippen LogP contribution is -2.09. The average Bonchev–Trinajstić information content (AvgIpc) is 2.54. The molecule has 0 unspecified atom stereocenters. The minimum atomic E-state index is 0.132. The highest BCUT2D eigenvalue weighted by Gasteiger charge is 2.01. The molecule has 2 rings (SSSR count). The summed E-state index contributed by atoms with van der Waals surface area (Å²) < 4.78 is 1.81. The summed E-state index contributed by atoms with van der Waals surface area (Å²) >= 11 is 0. The van der Waals surface area contributed by atoms with Crippen molar-refractivity contribution in [3.8, 4) is 0 Å². The standard InChI is InChI=1S/C7H9N7/c8-6-11-5(12-7(9)13-6)3-14-2-1-10-4-14/h1-2,4H,3H2,(H4,8,9,11,12,13). The SMILES string of the molecule is Nc1nc(N)nc(Cn2ccnc2)n1. The van der Waals surface area contributed by atoms with Crippen molar-refractivity contribution in [2.45, 2.75) is 6.54 Å². The highest BCUT2D eigenvalue weighted by molar-refractivity contribution is 5.25. The predicted octanol–water partition coefficient (Wildman–Crippen LogP) is -0.719. The van der Waals surface area contributed by atoms with Crippen LogP contribution < -0.4 is 11.5 Å². The Morgan fingerprint density at radius 2 is 1.86 bits per heavy atom. The highest BCUT2D eigenvalue weighted by Crippen LogP contribution is 2.00. The summed E-state index contributed by atoms with van der Waals surface area (Å²) in [5, 5.41) is 0. The third kappa shape index (κ3) is 1.76. The monoisotopic (exact) mass is 191 g/mol. The van der Waals surface area contributed by atoms with Gasteiger partial charge in [0.25, 0.3) is 0 Å². The van der Waals surface area contributed by atoms with Crippen LogP contribution in [0.25, 0.3) is 0 Å². The van der Waals surface area contributed by atoms with Crippen LogP contribution in [0.4, 0.5) is 11.9 Å². The maximum absolute atomic E-state index is 5.42. The first-order valence-corrected chi connectivity index (χ1v) is 3.95. The lowest BCUT2D eigenvalue weighted by molar-refractivity contribution is 0.739. The Morgan fingerprint density at radius 3 is 2.43 bits per heavy atom. The lowest BCUT2D eigenvalue weighted by atomic mass is 10.5. The van der Waals surface area contributed by atoms with Gasteiger partial charge in [-0.1, -0.05) is 0 Å². The molecular formula is C7H9N7. The van der Waals surface area contributed by atoms with Crippen molar-refractivity contribution in [3.05, 3.63) is 24.5 Å². The molecule has 4 N–H and O–H groups in total. The number of aromatic nitrogens is 5. The third-order valence-electron chi connectivity index (χ3n) is 1.60. The number of hydrogen-bond donors (Lipinski definition) is 2. The Labute approximate surface area is 79.8 Å². The second-order valence-electron chi connectivity index (χ2n) is 2.70. The fourth-order valence-electron chi connectivity index (χ4n) is 1.07. The molecule has 0 saturated heterocycles. The summed E-state index contributed by atoms with van der Waals surface area (Å²) in [5.74, 6) is 0.785. The molecule has 0 amide bonds. The van der Waals surface area contributed by atoms with Gasteiger partial charge in [-0.25, -0.2) is 4.98 Å². The van der Waals surface area contributed by atoms with E-state index >= 15 is 0 Å². The van der Waals surface area contributed by atoms with Crippen molar-refractivity contribution >= 4 is 11.9 Å². The van der Waals surface area contributed by atoms with Crippen LogP contribution in [-0.2, 0) is 6.54 Å². The number of imidazole rings is 1. The van der Waals surface area contributed by atoms with Crippen LogP contribution in [0.5, 0.6) is 0 Å². The molecule has 0 aromatic carbocycles. The number of hydrogen-bond acceptors (Lipinski definition) is 6. The molecule has 2 aromatic heterocycles. The van der Waals surface area contributed by atoms with Crippen LogP contribution >= 0.6 is 0 Å². The first-order valence-electron chi connectivity index (χ1n) is 3.95. The van der Waals surface area contributed by atoms with Gasteiger partial charge in [-0.3, -0.25) is 0 Å². The van der Waals surface area contributed by atoms with Crippen LogP contribution in [0.15, 0.2) is 18.7 Å². The van der Waals surface area contributed by atoms with Gasteiger partial charge >= 0.3 is 0 Å². The van der Waals surface area contributed by atoms with Crippen molar-refractivity contribution in [3.63, 3.8) is 0 Å². The average molecular weight is 191 g/mol. The first-order chi connectivity index (χ1) is 6.74. The summed E-state index contributed by atoms with van der Waals surface area (Å²) in [6.45, 7) is 0.483. The molecule has 0 spiro atoms. The Hall–Kier alpha value is -2.18. The zero-order chi connectivity index (χ0) is 9.97. The summed E-state index contributed by atoms with van der Waals surface area (Å²) in [4.78, 5) is 15.4.